The number of nitrogens with one attached hydrogen (secondary N) is 3. The lowest BCUT2D eigenvalue weighted by Gasteiger charge is -2.26. The average Bonchev–Trinajstić information content (AvgIpc) is 2.72. The molecule has 1 aromatic carbocycles. The largest absolute Gasteiger partial charge is 0.379 e. The van der Waals surface area contributed by atoms with Crippen molar-refractivity contribution in [3.63, 3.8) is 0 Å². The minimum absolute atomic E-state index is 0.212. The number of hydrogen-bond acceptors (Lipinski definition) is 7. The van der Waals surface area contributed by atoms with Crippen LogP contribution in [0.3, 0.4) is 0 Å². The van der Waals surface area contributed by atoms with Gasteiger partial charge >= 0.3 is 0 Å². The number of ether oxygens (including phenoxy) is 1. The first-order valence-corrected chi connectivity index (χ1v) is 9.96. The molecule has 1 aliphatic heterocycles. The van der Waals surface area contributed by atoms with E-state index in [-0.39, 0.29) is 5.56 Å². The molecular weight excluding hydrogens is 368 g/mol. The standard InChI is InChI=1S/C21H26N6O2/c1-15-4-2-5-16(14-15)24-19-18-17(6-8-22-20(18)28)25-21(26-19)23-7-3-9-27-10-12-29-13-11-27/h2,4-6,8,14H,3,7,9-13H2,1H3,(H,22,28)(H2,23,24,25,26). The molecule has 8 heteroatoms. The Morgan fingerprint density at radius 2 is 2.07 bits per heavy atom. The molecule has 3 aromatic rings. The lowest BCUT2D eigenvalue weighted by Crippen LogP contribution is -2.37. The van der Waals surface area contributed by atoms with Gasteiger partial charge in [0.1, 0.15) is 11.2 Å². The number of fused-ring (bicyclic) bond motifs is 1. The number of hydrogen-bond donors (Lipinski definition) is 3. The smallest absolute Gasteiger partial charge is 0.261 e. The quantitative estimate of drug-likeness (QED) is 0.530. The van der Waals surface area contributed by atoms with E-state index in [0.29, 0.717) is 22.7 Å². The molecule has 0 bridgehead atoms. The van der Waals surface area contributed by atoms with E-state index in [1.807, 2.05) is 31.2 Å². The highest BCUT2D eigenvalue weighted by Gasteiger charge is 2.12. The fourth-order valence-electron chi connectivity index (χ4n) is 3.45. The molecule has 29 heavy (non-hydrogen) atoms. The molecular formula is C21H26N6O2. The Hall–Kier alpha value is -2.97. The summed E-state index contributed by atoms with van der Waals surface area (Å²) < 4.78 is 5.38. The van der Waals surface area contributed by atoms with Crippen molar-refractivity contribution < 1.29 is 4.74 Å². The average molecular weight is 394 g/mol. The summed E-state index contributed by atoms with van der Waals surface area (Å²) in [5.41, 5.74) is 2.40. The van der Waals surface area contributed by atoms with Crippen LogP contribution in [0.25, 0.3) is 10.9 Å². The summed E-state index contributed by atoms with van der Waals surface area (Å²) in [7, 11) is 0. The van der Waals surface area contributed by atoms with Crippen LogP contribution in [0.2, 0.25) is 0 Å². The van der Waals surface area contributed by atoms with Crippen molar-refractivity contribution in [1.82, 2.24) is 19.9 Å². The number of pyridine rings is 1. The summed E-state index contributed by atoms with van der Waals surface area (Å²) in [6, 6.07) is 9.75. The Balaban J connectivity index is 1.51. The van der Waals surface area contributed by atoms with Crippen LogP contribution in [-0.2, 0) is 4.74 Å². The third kappa shape index (κ3) is 4.90. The zero-order valence-corrected chi connectivity index (χ0v) is 16.6. The first-order valence-electron chi connectivity index (χ1n) is 9.96. The van der Waals surface area contributed by atoms with Crippen molar-refractivity contribution >= 4 is 28.4 Å². The Morgan fingerprint density at radius 1 is 1.21 bits per heavy atom. The Bertz CT molecular complexity index is 1030. The molecule has 1 saturated heterocycles. The van der Waals surface area contributed by atoms with Crippen LogP contribution in [0.1, 0.15) is 12.0 Å². The lowest BCUT2D eigenvalue weighted by molar-refractivity contribution is 0.0378. The normalized spacial score (nSPS) is 14.8. The third-order valence-corrected chi connectivity index (χ3v) is 4.94. The number of aromatic nitrogens is 3. The minimum atomic E-state index is -0.212. The predicted molar refractivity (Wildman–Crippen MR) is 115 cm³/mol. The summed E-state index contributed by atoms with van der Waals surface area (Å²) >= 11 is 0. The summed E-state index contributed by atoms with van der Waals surface area (Å²) in [5, 5.41) is 7.03. The van der Waals surface area contributed by atoms with Crippen molar-refractivity contribution in [2.24, 2.45) is 0 Å². The molecule has 3 heterocycles. The number of H-pyrrole nitrogens is 1. The number of aryl methyl sites for hydroxylation is 1. The van der Waals surface area contributed by atoms with E-state index in [4.69, 9.17) is 4.74 Å². The van der Waals surface area contributed by atoms with Crippen molar-refractivity contribution in [1.29, 1.82) is 0 Å². The number of anilines is 3. The van der Waals surface area contributed by atoms with Gasteiger partial charge in [-0.3, -0.25) is 9.69 Å². The lowest BCUT2D eigenvalue weighted by atomic mass is 10.2. The van der Waals surface area contributed by atoms with Gasteiger partial charge in [0.15, 0.2) is 0 Å². The summed E-state index contributed by atoms with van der Waals surface area (Å²) in [6.45, 7) is 7.39. The van der Waals surface area contributed by atoms with E-state index in [9.17, 15) is 4.79 Å². The Morgan fingerprint density at radius 3 is 2.90 bits per heavy atom. The molecule has 0 saturated carbocycles. The van der Waals surface area contributed by atoms with Gasteiger partial charge in [-0.05, 0) is 43.7 Å². The van der Waals surface area contributed by atoms with Crippen molar-refractivity contribution in [2.45, 2.75) is 13.3 Å². The van der Waals surface area contributed by atoms with E-state index in [2.05, 4.69) is 30.5 Å². The van der Waals surface area contributed by atoms with E-state index in [1.165, 1.54) is 0 Å². The third-order valence-electron chi connectivity index (χ3n) is 4.94. The number of morpholine rings is 1. The molecule has 152 valence electrons. The monoisotopic (exact) mass is 394 g/mol. The molecule has 4 rings (SSSR count). The second-order valence-electron chi connectivity index (χ2n) is 7.19. The van der Waals surface area contributed by atoms with Crippen LogP contribution in [0, 0.1) is 6.92 Å². The van der Waals surface area contributed by atoms with Crippen LogP contribution in [-0.4, -0.2) is 59.2 Å². The van der Waals surface area contributed by atoms with Crippen molar-refractivity contribution in [3.05, 3.63) is 52.4 Å². The molecule has 0 radical (unpaired) electrons. The highest BCUT2D eigenvalue weighted by atomic mass is 16.5. The van der Waals surface area contributed by atoms with Crippen LogP contribution in [0.4, 0.5) is 17.5 Å². The molecule has 1 fully saturated rings. The first-order chi connectivity index (χ1) is 14.2. The van der Waals surface area contributed by atoms with Gasteiger partial charge in [-0.25, -0.2) is 4.98 Å². The molecule has 2 aromatic heterocycles. The maximum atomic E-state index is 12.4. The fraction of sp³-hybridized carbons (Fsp3) is 0.381. The highest BCUT2D eigenvalue weighted by molar-refractivity contribution is 5.90. The zero-order chi connectivity index (χ0) is 20.1. The number of benzene rings is 1. The molecule has 8 nitrogen and oxygen atoms in total. The van der Waals surface area contributed by atoms with Gasteiger partial charge in [0.25, 0.3) is 5.56 Å². The zero-order valence-electron chi connectivity index (χ0n) is 16.6. The summed E-state index contributed by atoms with van der Waals surface area (Å²) in [5.74, 6) is 1.01. The summed E-state index contributed by atoms with van der Waals surface area (Å²) in [6.07, 6.45) is 2.59. The van der Waals surface area contributed by atoms with Gasteiger partial charge < -0.3 is 20.4 Å². The molecule has 0 spiro atoms. The van der Waals surface area contributed by atoms with E-state index in [1.54, 1.807) is 12.3 Å². The second-order valence-corrected chi connectivity index (χ2v) is 7.19. The van der Waals surface area contributed by atoms with Crippen LogP contribution < -0.4 is 16.2 Å². The molecule has 3 N–H and O–H groups in total. The van der Waals surface area contributed by atoms with Gasteiger partial charge in [0.2, 0.25) is 5.95 Å². The van der Waals surface area contributed by atoms with E-state index < -0.39 is 0 Å². The number of aromatic amines is 1. The van der Waals surface area contributed by atoms with Crippen LogP contribution in [0.15, 0.2) is 41.3 Å². The molecule has 0 aliphatic carbocycles. The van der Waals surface area contributed by atoms with Crippen LogP contribution in [0.5, 0.6) is 0 Å². The predicted octanol–water partition coefficient (Wildman–Crippen LogP) is 2.50. The maximum absolute atomic E-state index is 12.4. The SMILES string of the molecule is Cc1cccc(Nc2nc(NCCCN3CCOCC3)nc3cc[nH]c(=O)c23)c1. The Kier molecular flexibility index (Phi) is 6.02. The minimum Gasteiger partial charge on any atom is -0.379 e. The maximum Gasteiger partial charge on any atom is 0.261 e. The van der Waals surface area contributed by atoms with E-state index >= 15 is 0 Å². The molecule has 0 amide bonds. The van der Waals surface area contributed by atoms with Crippen molar-refractivity contribution in [2.75, 3.05) is 50.0 Å². The number of rotatable bonds is 7. The second kappa shape index (κ2) is 9.02. The Labute approximate surface area is 169 Å². The van der Waals surface area contributed by atoms with Gasteiger partial charge in [0, 0.05) is 31.5 Å². The van der Waals surface area contributed by atoms with Gasteiger partial charge in [-0.15, -0.1) is 0 Å². The molecule has 0 unspecified atom stereocenters. The van der Waals surface area contributed by atoms with E-state index in [0.717, 1.165) is 57.1 Å². The fourth-order valence-corrected chi connectivity index (χ4v) is 3.45. The van der Waals surface area contributed by atoms with Crippen molar-refractivity contribution in [3.8, 4) is 0 Å². The van der Waals surface area contributed by atoms with Gasteiger partial charge in [0.05, 0.1) is 18.7 Å². The van der Waals surface area contributed by atoms with Gasteiger partial charge in [-0.2, -0.15) is 4.98 Å². The van der Waals surface area contributed by atoms with Crippen LogP contribution >= 0.6 is 0 Å². The topological polar surface area (TPSA) is 95.2 Å². The summed E-state index contributed by atoms with van der Waals surface area (Å²) in [4.78, 5) is 26.6. The highest BCUT2D eigenvalue weighted by Crippen LogP contribution is 2.23. The molecule has 0 atom stereocenters. The number of nitrogens with zero attached hydrogens (tertiary/aromatic N) is 3. The van der Waals surface area contributed by atoms with Gasteiger partial charge in [-0.1, -0.05) is 12.1 Å². The first kappa shape index (κ1) is 19.4. The molecule has 1 aliphatic rings.